The summed E-state index contributed by atoms with van der Waals surface area (Å²) in [6.45, 7) is 7.95. The summed E-state index contributed by atoms with van der Waals surface area (Å²) in [5.41, 5.74) is 3.73. The molecule has 3 aromatic rings. The highest BCUT2D eigenvalue weighted by atomic mass is 127. The van der Waals surface area contributed by atoms with E-state index in [1.165, 1.54) is 6.26 Å². The molecule has 0 radical (unpaired) electrons. The maximum atomic E-state index is 12.2. The summed E-state index contributed by atoms with van der Waals surface area (Å²) in [7, 11) is 0. The van der Waals surface area contributed by atoms with Crippen LogP contribution in [0.15, 0.2) is 56.6 Å². The molecule has 172 valence electrons. The molecule has 0 bridgehead atoms. The van der Waals surface area contributed by atoms with Crippen molar-refractivity contribution in [2.24, 2.45) is 4.99 Å². The lowest BCUT2D eigenvalue weighted by Crippen LogP contribution is -2.37. The number of furan rings is 1. The Hall–Kier alpha value is -2.82. The normalized spacial score (nSPS) is 11.0. The third kappa shape index (κ3) is 6.84. The smallest absolute Gasteiger partial charge is 0.291 e. The highest BCUT2D eigenvalue weighted by molar-refractivity contribution is 14.0. The van der Waals surface area contributed by atoms with Gasteiger partial charge in [0.1, 0.15) is 5.76 Å². The van der Waals surface area contributed by atoms with Gasteiger partial charge in [-0.15, -0.1) is 24.0 Å². The predicted molar refractivity (Wildman–Crippen MR) is 135 cm³/mol. The van der Waals surface area contributed by atoms with Crippen molar-refractivity contribution in [3.8, 4) is 0 Å². The Morgan fingerprint density at radius 3 is 2.62 bits per heavy atom. The molecule has 9 heteroatoms. The van der Waals surface area contributed by atoms with Crippen LogP contribution in [-0.4, -0.2) is 23.6 Å². The topological polar surface area (TPSA) is 105 Å². The van der Waals surface area contributed by atoms with Crippen LogP contribution >= 0.6 is 24.0 Å². The molecule has 0 aliphatic carbocycles. The van der Waals surface area contributed by atoms with Crippen LogP contribution in [0.3, 0.4) is 0 Å². The zero-order valence-electron chi connectivity index (χ0n) is 18.6. The number of hydrogen-bond acceptors (Lipinski definition) is 5. The molecular formula is C23H30IN5O3. The van der Waals surface area contributed by atoms with Gasteiger partial charge in [0.05, 0.1) is 18.5 Å². The number of hydrogen-bond donors (Lipinski definition) is 3. The maximum Gasteiger partial charge on any atom is 0.291 e. The van der Waals surface area contributed by atoms with E-state index in [0.29, 0.717) is 24.7 Å². The molecule has 0 atom stereocenters. The summed E-state index contributed by atoms with van der Waals surface area (Å²) in [6, 6.07) is 10.9. The standard InChI is InChI=1S/C23H29N5O3.HI/c1-4-19-18(20(5-2)31-28-19)15-26-23(24-6-3)25-14-16-9-7-10-17(13-16)27-22(29)21-11-8-12-30-21;/h7-13H,4-6,14-15H2,1-3H3,(H,27,29)(H2,24,25,26);1H. The Kier molecular flexibility index (Phi) is 10.3. The summed E-state index contributed by atoms with van der Waals surface area (Å²) in [5, 5.41) is 13.6. The number of benzene rings is 1. The lowest BCUT2D eigenvalue weighted by molar-refractivity contribution is 0.0996. The van der Waals surface area contributed by atoms with Crippen molar-refractivity contribution in [3.05, 3.63) is 71.0 Å². The van der Waals surface area contributed by atoms with Crippen molar-refractivity contribution >= 4 is 41.5 Å². The SMILES string of the molecule is CCNC(=NCc1cccc(NC(=O)c2ccco2)c1)NCc1c(CC)noc1CC.I. The Balaban J connectivity index is 0.00000363. The number of anilines is 1. The summed E-state index contributed by atoms with van der Waals surface area (Å²) in [5.74, 6) is 1.60. The average molecular weight is 551 g/mol. The number of aliphatic imine (C=N–C) groups is 1. The molecule has 0 saturated heterocycles. The monoisotopic (exact) mass is 551 g/mol. The van der Waals surface area contributed by atoms with Crippen LogP contribution in [0.25, 0.3) is 0 Å². The van der Waals surface area contributed by atoms with E-state index in [2.05, 4.69) is 39.9 Å². The second kappa shape index (κ2) is 12.9. The molecule has 0 unspecified atom stereocenters. The van der Waals surface area contributed by atoms with Gasteiger partial charge in [-0.2, -0.15) is 0 Å². The number of amides is 1. The van der Waals surface area contributed by atoms with Crippen LogP contribution in [0.1, 0.15) is 53.9 Å². The molecule has 2 heterocycles. The minimum Gasteiger partial charge on any atom is -0.459 e. The fourth-order valence-corrected chi connectivity index (χ4v) is 3.17. The number of guanidine groups is 1. The van der Waals surface area contributed by atoms with E-state index < -0.39 is 0 Å². The Morgan fingerprint density at radius 2 is 1.94 bits per heavy atom. The van der Waals surface area contributed by atoms with Gasteiger partial charge in [0.15, 0.2) is 11.7 Å². The molecule has 0 saturated carbocycles. The van der Waals surface area contributed by atoms with Gasteiger partial charge in [0, 0.05) is 30.8 Å². The van der Waals surface area contributed by atoms with Crippen molar-refractivity contribution in [1.29, 1.82) is 0 Å². The lowest BCUT2D eigenvalue weighted by atomic mass is 10.1. The minimum atomic E-state index is -0.284. The van der Waals surface area contributed by atoms with E-state index >= 15 is 0 Å². The Labute approximate surface area is 205 Å². The molecule has 3 rings (SSSR count). The second-order valence-electron chi connectivity index (χ2n) is 6.92. The van der Waals surface area contributed by atoms with Crippen molar-refractivity contribution < 1.29 is 13.7 Å². The van der Waals surface area contributed by atoms with E-state index in [1.807, 2.05) is 31.2 Å². The fourth-order valence-electron chi connectivity index (χ4n) is 3.17. The number of aromatic nitrogens is 1. The first-order valence-corrected chi connectivity index (χ1v) is 10.6. The minimum absolute atomic E-state index is 0. The van der Waals surface area contributed by atoms with Crippen LogP contribution in [-0.2, 0) is 25.9 Å². The highest BCUT2D eigenvalue weighted by Gasteiger charge is 2.13. The van der Waals surface area contributed by atoms with Gasteiger partial charge in [-0.1, -0.05) is 31.1 Å². The fraction of sp³-hybridized carbons (Fsp3) is 0.348. The first-order valence-electron chi connectivity index (χ1n) is 10.6. The van der Waals surface area contributed by atoms with Crippen molar-refractivity contribution in [3.63, 3.8) is 0 Å². The lowest BCUT2D eigenvalue weighted by Gasteiger charge is -2.12. The molecule has 3 N–H and O–H groups in total. The largest absolute Gasteiger partial charge is 0.459 e. The van der Waals surface area contributed by atoms with Gasteiger partial charge in [0.25, 0.3) is 5.91 Å². The molecule has 1 amide bonds. The van der Waals surface area contributed by atoms with Gasteiger partial charge >= 0.3 is 0 Å². The number of nitrogens with one attached hydrogen (secondary N) is 3. The van der Waals surface area contributed by atoms with E-state index in [-0.39, 0.29) is 35.6 Å². The summed E-state index contributed by atoms with van der Waals surface area (Å²) < 4.78 is 10.6. The van der Waals surface area contributed by atoms with E-state index in [0.717, 1.165) is 42.0 Å². The van der Waals surface area contributed by atoms with Crippen LogP contribution in [0.4, 0.5) is 5.69 Å². The van der Waals surface area contributed by atoms with Crippen LogP contribution in [0.5, 0.6) is 0 Å². The maximum absolute atomic E-state index is 12.2. The molecule has 0 aliphatic heterocycles. The van der Waals surface area contributed by atoms with Gasteiger partial charge < -0.3 is 24.9 Å². The van der Waals surface area contributed by atoms with Crippen LogP contribution < -0.4 is 16.0 Å². The average Bonchev–Trinajstić information content (AvgIpc) is 3.45. The quantitative estimate of drug-likeness (QED) is 0.205. The molecule has 2 aromatic heterocycles. The third-order valence-electron chi connectivity index (χ3n) is 4.73. The van der Waals surface area contributed by atoms with Crippen LogP contribution in [0, 0.1) is 0 Å². The van der Waals surface area contributed by atoms with E-state index in [4.69, 9.17) is 8.94 Å². The predicted octanol–water partition coefficient (Wildman–Crippen LogP) is 4.52. The highest BCUT2D eigenvalue weighted by Crippen LogP contribution is 2.16. The molecule has 32 heavy (non-hydrogen) atoms. The number of rotatable bonds is 9. The number of halogens is 1. The van der Waals surface area contributed by atoms with Crippen LogP contribution in [0.2, 0.25) is 0 Å². The molecule has 0 fully saturated rings. The van der Waals surface area contributed by atoms with Gasteiger partial charge in [0.2, 0.25) is 0 Å². The number of aryl methyl sites for hydroxylation is 2. The first kappa shape index (κ1) is 25.4. The van der Waals surface area contributed by atoms with E-state index in [9.17, 15) is 4.79 Å². The molecular weight excluding hydrogens is 521 g/mol. The number of carbonyl (C=O) groups is 1. The first-order chi connectivity index (χ1) is 15.1. The Morgan fingerprint density at radius 1 is 1.09 bits per heavy atom. The second-order valence-corrected chi connectivity index (χ2v) is 6.92. The number of carbonyl (C=O) groups excluding carboxylic acids is 1. The summed E-state index contributed by atoms with van der Waals surface area (Å²) in [4.78, 5) is 16.9. The number of nitrogens with zero attached hydrogens (tertiary/aromatic N) is 2. The summed E-state index contributed by atoms with van der Waals surface area (Å²) in [6.07, 6.45) is 3.10. The van der Waals surface area contributed by atoms with Gasteiger partial charge in [-0.3, -0.25) is 4.79 Å². The van der Waals surface area contributed by atoms with Gasteiger partial charge in [-0.25, -0.2) is 4.99 Å². The zero-order chi connectivity index (χ0) is 22.1. The summed E-state index contributed by atoms with van der Waals surface area (Å²) >= 11 is 0. The molecule has 0 spiro atoms. The van der Waals surface area contributed by atoms with E-state index in [1.54, 1.807) is 12.1 Å². The van der Waals surface area contributed by atoms with Crippen molar-refractivity contribution in [2.75, 3.05) is 11.9 Å². The van der Waals surface area contributed by atoms with Crippen molar-refractivity contribution in [2.45, 2.75) is 46.7 Å². The van der Waals surface area contributed by atoms with Crippen molar-refractivity contribution in [1.82, 2.24) is 15.8 Å². The van der Waals surface area contributed by atoms with Gasteiger partial charge in [-0.05, 0) is 43.2 Å². The zero-order valence-corrected chi connectivity index (χ0v) is 20.9. The molecule has 1 aromatic carbocycles. The molecule has 8 nitrogen and oxygen atoms in total. The third-order valence-corrected chi connectivity index (χ3v) is 4.73. The molecule has 0 aliphatic rings. The Bertz CT molecular complexity index is 993.